The molecule has 2 aromatic rings. The average Bonchev–Trinajstić information content (AvgIpc) is 2.59. The number of carbonyl (C=O) groups excluding carboxylic acids is 1. The molecule has 0 aliphatic rings. The van der Waals surface area contributed by atoms with Gasteiger partial charge in [0.25, 0.3) is 0 Å². The Labute approximate surface area is 150 Å². The summed E-state index contributed by atoms with van der Waals surface area (Å²) in [6.07, 6.45) is 0.126. The molecule has 0 radical (unpaired) electrons. The number of hydrogen-bond acceptors (Lipinski definition) is 3. The molecule has 0 saturated heterocycles. The zero-order chi connectivity index (χ0) is 18.2. The van der Waals surface area contributed by atoms with Gasteiger partial charge in [0.05, 0.1) is 6.10 Å². The van der Waals surface area contributed by atoms with Crippen molar-refractivity contribution in [2.45, 2.75) is 33.8 Å². The molecule has 2 rings (SSSR count). The van der Waals surface area contributed by atoms with Gasteiger partial charge >= 0.3 is 6.03 Å². The lowest BCUT2D eigenvalue weighted by atomic mass is 10.2. The first kappa shape index (κ1) is 18.6. The second-order valence-corrected chi connectivity index (χ2v) is 5.99. The van der Waals surface area contributed by atoms with E-state index < -0.39 is 0 Å². The van der Waals surface area contributed by atoms with Crippen molar-refractivity contribution in [2.75, 3.05) is 28.6 Å². The van der Waals surface area contributed by atoms with Crippen molar-refractivity contribution in [1.29, 1.82) is 0 Å². The second kappa shape index (κ2) is 8.97. The summed E-state index contributed by atoms with van der Waals surface area (Å²) in [6.45, 7) is 10.1. The van der Waals surface area contributed by atoms with E-state index in [4.69, 9.17) is 4.74 Å². The van der Waals surface area contributed by atoms with Crippen LogP contribution in [0, 0.1) is 0 Å². The molecule has 0 aliphatic carbocycles. The second-order valence-electron chi connectivity index (χ2n) is 5.99. The van der Waals surface area contributed by atoms with Gasteiger partial charge in [-0.3, -0.25) is 0 Å². The molecule has 2 N–H and O–H groups in total. The Morgan fingerprint density at radius 2 is 1.40 bits per heavy atom. The third-order valence-corrected chi connectivity index (χ3v) is 3.74. The molecule has 2 aromatic carbocycles. The highest BCUT2D eigenvalue weighted by Gasteiger charge is 2.05. The van der Waals surface area contributed by atoms with Crippen LogP contribution < -0.4 is 20.3 Å². The molecule has 0 heterocycles. The van der Waals surface area contributed by atoms with Crippen LogP contribution in [0.15, 0.2) is 48.5 Å². The number of carbonyl (C=O) groups is 1. The number of nitrogens with zero attached hydrogens (tertiary/aromatic N) is 1. The van der Waals surface area contributed by atoms with Crippen LogP contribution in [-0.2, 0) is 0 Å². The van der Waals surface area contributed by atoms with Crippen LogP contribution in [0.1, 0.15) is 27.7 Å². The minimum absolute atomic E-state index is 0.126. The lowest BCUT2D eigenvalue weighted by Gasteiger charge is -2.21. The molecular weight excluding hydrogens is 314 g/mol. The highest BCUT2D eigenvalue weighted by atomic mass is 16.5. The van der Waals surface area contributed by atoms with Crippen LogP contribution >= 0.6 is 0 Å². The summed E-state index contributed by atoms with van der Waals surface area (Å²) in [7, 11) is 0. The monoisotopic (exact) mass is 341 g/mol. The first-order valence-electron chi connectivity index (χ1n) is 8.71. The molecule has 134 valence electrons. The zero-order valence-corrected chi connectivity index (χ0v) is 15.4. The predicted octanol–water partition coefficient (Wildman–Crippen LogP) is 4.96. The maximum Gasteiger partial charge on any atom is 0.323 e. The Kier molecular flexibility index (Phi) is 6.69. The summed E-state index contributed by atoms with van der Waals surface area (Å²) in [6, 6.07) is 14.9. The largest absolute Gasteiger partial charge is 0.491 e. The fourth-order valence-corrected chi connectivity index (χ4v) is 2.53. The van der Waals surface area contributed by atoms with E-state index in [9.17, 15) is 4.79 Å². The van der Waals surface area contributed by atoms with E-state index in [-0.39, 0.29) is 12.1 Å². The number of ether oxygens (including phenoxy) is 1. The van der Waals surface area contributed by atoms with Gasteiger partial charge in [-0.25, -0.2) is 4.79 Å². The van der Waals surface area contributed by atoms with E-state index in [1.807, 2.05) is 62.4 Å². The standard InChI is InChI=1S/C20H27N3O2/c1-5-23(6-2)18-11-7-16(8-12-18)21-20(24)22-17-9-13-19(14-10-17)25-15(3)4/h7-15H,5-6H2,1-4H3,(H2,21,22,24). The topological polar surface area (TPSA) is 53.6 Å². The summed E-state index contributed by atoms with van der Waals surface area (Å²) in [5.41, 5.74) is 2.62. The van der Waals surface area contributed by atoms with Crippen molar-refractivity contribution in [2.24, 2.45) is 0 Å². The molecule has 5 nitrogen and oxygen atoms in total. The van der Waals surface area contributed by atoms with Gasteiger partial charge in [0, 0.05) is 30.2 Å². The Morgan fingerprint density at radius 3 is 1.84 bits per heavy atom. The van der Waals surface area contributed by atoms with E-state index in [0.29, 0.717) is 5.69 Å². The summed E-state index contributed by atoms with van der Waals surface area (Å²) in [5.74, 6) is 0.785. The molecular formula is C20H27N3O2. The van der Waals surface area contributed by atoms with Gasteiger partial charge in [-0.05, 0) is 76.2 Å². The number of hydrogen-bond donors (Lipinski definition) is 2. The number of benzene rings is 2. The number of amides is 2. The molecule has 0 aromatic heterocycles. The molecule has 2 amide bonds. The Balaban J connectivity index is 1.91. The summed E-state index contributed by atoms with van der Waals surface area (Å²) in [5, 5.41) is 5.65. The van der Waals surface area contributed by atoms with Gasteiger partial charge in [0.15, 0.2) is 0 Å². The molecule has 0 aliphatic heterocycles. The van der Waals surface area contributed by atoms with Crippen molar-refractivity contribution >= 4 is 23.1 Å². The SMILES string of the molecule is CCN(CC)c1ccc(NC(=O)Nc2ccc(OC(C)C)cc2)cc1. The average molecular weight is 341 g/mol. The van der Waals surface area contributed by atoms with Crippen molar-refractivity contribution in [1.82, 2.24) is 0 Å². The third-order valence-electron chi connectivity index (χ3n) is 3.74. The van der Waals surface area contributed by atoms with Crippen LogP contribution in [0.2, 0.25) is 0 Å². The highest BCUT2D eigenvalue weighted by molar-refractivity contribution is 5.99. The van der Waals surface area contributed by atoms with Crippen LogP contribution in [0.5, 0.6) is 5.75 Å². The molecule has 0 saturated carbocycles. The van der Waals surface area contributed by atoms with Crippen molar-refractivity contribution in [3.8, 4) is 5.75 Å². The van der Waals surface area contributed by atoms with Crippen LogP contribution in [0.25, 0.3) is 0 Å². The van der Waals surface area contributed by atoms with Crippen LogP contribution in [0.3, 0.4) is 0 Å². The Bertz CT molecular complexity index is 662. The maximum absolute atomic E-state index is 12.1. The molecule has 25 heavy (non-hydrogen) atoms. The molecule has 0 fully saturated rings. The Hall–Kier alpha value is -2.69. The van der Waals surface area contributed by atoms with E-state index in [1.54, 1.807) is 0 Å². The summed E-state index contributed by atoms with van der Waals surface area (Å²) in [4.78, 5) is 14.4. The zero-order valence-electron chi connectivity index (χ0n) is 15.4. The minimum Gasteiger partial charge on any atom is -0.491 e. The number of nitrogens with one attached hydrogen (secondary N) is 2. The molecule has 5 heteroatoms. The fraction of sp³-hybridized carbons (Fsp3) is 0.350. The first-order chi connectivity index (χ1) is 12.0. The van der Waals surface area contributed by atoms with Gasteiger partial charge in [0.2, 0.25) is 0 Å². The smallest absolute Gasteiger partial charge is 0.323 e. The third kappa shape index (κ3) is 5.71. The van der Waals surface area contributed by atoms with Gasteiger partial charge in [-0.2, -0.15) is 0 Å². The fourth-order valence-electron chi connectivity index (χ4n) is 2.53. The van der Waals surface area contributed by atoms with Crippen LogP contribution in [0.4, 0.5) is 21.9 Å². The quantitative estimate of drug-likeness (QED) is 0.748. The highest BCUT2D eigenvalue weighted by Crippen LogP contribution is 2.19. The van der Waals surface area contributed by atoms with Crippen molar-refractivity contribution in [3.63, 3.8) is 0 Å². The first-order valence-corrected chi connectivity index (χ1v) is 8.71. The van der Waals surface area contributed by atoms with Gasteiger partial charge in [-0.15, -0.1) is 0 Å². The maximum atomic E-state index is 12.1. The molecule has 0 spiro atoms. The van der Waals surface area contributed by atoms with Gasteiger partial charge in [-0.1, -0.05) is 0 Å². The number of rotatable bonds is 7. The van der Waals surface area contributed by atoms with Gasteiger partial charge in [0.1, 0.15) is 5.75 Å². The minimum atomic E-state index is -0.270. The lowest BCUT2D eigenvalue weighted by Crippen LogP contribution is -2.22. The van der Waals surface area contributed by atoms with Crippen molar-refractivity contribution < 1.29 is 9.53 Å². The molecule has 0 atom stereocenters. The molecule has 0 unspecified atom stereocenters. The Morgan fingerprint density at radius 1 is 0.920 bits per heavy atom. The summed E-state index contributed by atoms with van der Waals surface area (Å²) < 4.78 is 5.59. The van der Waals surface area contributed by atoms with E-state index >= 15 is 0 Å². The van der Waals surface area contributed by atoms with E-state index in [0.717, 1.165) is 30.2 Å². The van der Waals surface area contributed by atoms with Gasteiger partial charge < -0.3 is 20.3 Å². The summed E-state index contributed by atoms with van der Waals surface area (Å²) >= 11 is 0. The van der Waals surface area contributed by atoms with Crippen molar-refractivity contribution in [3.05, 3.63) is 48.5 Å². The van der Waals surface area contributed by atoms with E-state index in [1.165, 1.54) is 0 Å². The predicted molar refractivity (Wildman–Crippen MR) is 105 cm³/mol. The van der Waals surface area contributed by atoms with Crippen LogP contribution in [-0.4, -0.2) is 25.2 Å². The number of urea groups is 1. The van der Waals surface area contributed by atoms with E-state index in [2.05, 4.69) is 29.4 Å². The lowest BCUT2D eigenvalue weighted by molar-refractivity contribution is 0.242. The normalized spacial score (nSPS) is 10.4. The number of anilines is 3. The molecule has 0 bridgehead atoms.